The van der Waals surface area contributed by atoms with Gasteiger partial charge in [0.1, 0.15) is 0 Å². The highest BCUT2D eigenvalue weighted by Crippen LogP contribution is 2.47. The van der Waals surface area contributed by atoms with Gasteiger partial charge in [0.2, 0.25) is 0 Å². The Morgan fingerprint density at radius 3 is 1.40 bits per heavy atom. The topological polar surface area (TPSA) is 0 Å². The third kappa shape index (κ3) is 3.30. The van der Waals surface area contributed by atoms with Gasteiger partial charge in [-0.3, -0.25) is 0 Å². The highest BCUT2D eigenvalue weighted by molar-refractivity contribution is 6.27. The standard InChI is InChI=1S/C42H26/c1-2-11-27(12-3-1)40-34-17-6-8-19-36(34)42(37-20-9-7-18-35(37)40)33-16-5-4-15-31(33)32-25-23-30-22-21-28-13-10-14-29-24-26-38(32)41(30)39(28)29/h1-26H. The molecule has 0 fully saturated rings. The maximum atomic E-state index is 2.32. The minimum Gasteiger partial charge on any atom is -0.0622 e. The molecule has 0 bridgehead atoms. The second kappa shape index (κ2) is 9.03. The summed E-state index contributed by atoms with van der Waals surface area (Å²) in [5.41, 5.74) is 7.64. The predicted octanol–water partition coefficient (Wildman–Crippen LogP) is 11.9. The normalized spacial score (nSPS) is 11.8. The lowest BCUT2D eigenvalue weighted by molar-refractivity contribution is 1.63. The van der Waals surface area contributed by atoms with E-state index in [1.807, 2.05) is 0 Å². The number of fused-ring (bicyclic) bond motifs is 2. The monoisotopic (exact) mass is 530 g/mol. The van der Waals surface area contributed by atoms with Crippen LogP contribution in [0.4, 0.5) is 0 Å². The van der Waals surface area contributed by atoms with E-state index in [0.29, 0.717) is 0 Å². The van der Waals surface area contributed by atoms with Gasteiger partial charge in [-0.1, -0.05) is 158 Å². The predicted molar refractivity (Wildman–Crippen MR) is 181 cm³/mol. The molecule has 9 aromatic rings. The molecule has 0 aliphatic rings. The van der Waals surface area contributed by atoms with Gasteiger partial charge in [-0.2, -0.15) is 0 Å². The molecule has 9 rings (SSSR count). The van der Waals surface area contributed by atoms with Crippen molar-refractivity contribution in [3.05, 3.63) is 158 Å². The second-order valence-electron chi connectivity index (χ2n) is 11.2. The molecule has 0 aliphatic carbocycles. The van der Waals surface area contributed by atoms with E-state index in [1.165, 1.54) is 87.2 Å². The van der Waals surface area contributed by atoms with Crippen LogP contribution in [0.3, 0.4) is 0 Å². The summed E-state index contributed by atoms with van der Waals surface area (Å²) in [6.45, 7) is 0. The summed E-state index contributed by atoms with van der Waals surface area (Å²) in [6.07, 6.45) is 0. The van der Waals surface area contributed by atoms with E-state index in [0.717, 1.165) is 0 Å². The van der Waals surface area contributed by atoms with Crippen molar-refractivity contribution in [1.82, 2.24) is 0 Å². The molecule has 194 valence electrons. The second-order valence-corrected chi connectivity index (χ2v) is 11.2. The number of rotatable bonds is 3. The van der Waals surface area contributed by atoms with E-state index < -0.39 is 0 Å². The van der Waals surface area contributed by atoms with Gasteiger partial charge in [0.05, 0.1) is 0 Å². The van der Waals surface area contributed by atoms with Crippen molar-refractivity contribution < 1.29 is 0 Å². The van der Waals surface area contributed by atoms with Crippen molar-refractivity contribution in [2.24, 2.45) is 0 Å². The lowest BCUT2D eigenvalue weighted by atomic mass is 9.82. The smallest absolute Gasteiger partial charge is 0.00201 e. The third-order valence-electron chi connectivity index (χ3n) is 9.01. The van der Waals surface area contributed by atoms with E-state index in [1.54, 1.807) is 0 Å². The fourth-order valence-corrected chi connectivity index (χ4v) is 7.24. The first-order valence-electron chi connectivity index (χ1n) is 14.6. The van der Waals surface area contributed by atoms with Crippen LogP contribution in [-0.2, 0) is 0 Å². The summed E-state index contributed by atoms with van der Waals surface area (Å²) in [5.74, 6) is 0. The Morgan fingerprint density at radius 1 is 0.238 bits per heavy atom. The van der Waals surface area contributed by atoms with Crippen LogP contribution < -0.4 is 0 Å². The Bertz CT molecular complexity index is 2370. The van der Waals surface area contributed by atoms with E-state index in [-0.39, 0.29) is 0 Å². The molecule has 0 heterocycles. The third-order valence-corrected chi connectivity index (χ3v) is 9.01. The van der Waals surface area contributed by atoms with Gasteiger partial charge in [-0.05, 0) is 87.2 Å². The Balaban J connectivity index is 1.41. The number of hydrogen-bond donors (Lipinski definition) is 0. The van der Waals surface area contributed by atoms with E-state index in [4.69, 9.17) is 0 Å². The summed E-state index contributed by atoms with van der Waals surface area (Å²) in [5, 5.41) is 13.0. The summed E-state index contributed by atoms with van der Waals surface area (Å²) in [4.78, 5) is 0. The van der Waals surface area contributed by atoms with E-state index >= 15 is 0 Å². The lowest BCUT2D eigenvalue weighted by Gasteiger charge is -2.20. The maximum absolute atomic E-state index is 2.32. The van der Waals surface area contributed by atoms with Crippen LogP contribution in [0.1, 0.15) is 0 Å². The molecular formula is C42H26. The Kier molecular flexibility index (Phi) is 5.00. The lowest BCUT2D eigenvalue weighted by Crippen LogP contribution is -1.93. The van der Waals surface area contributed by atoms with Crippen LogP contribution in [0.2, 0.25) is 0 Å². The minimum atomic E-state index is 1.25. The van der Waals surface area contributed by atoms with Crippen molar-refractivity contribution in [3.63, 3.8) is 0 Å². The summed E-state index contributed by atoms with van der Waals surface area (Å²) in [7, 11) is 0. The molecule has 0 radical (unpaired) electrons. The fraction of sp³-hybridized carbons (Fsp3) is 0. The number of benzene rings is 9. The van der Waals surface area contributed by atoms with Crippen LogP contribution in [0.25, 0.3) is 87.2 Å². The molecule has 9 aromatic carbocycles. The van der Waals surface area contributed by atoms with Crippen molar-refractivity contribution in [2.75, 3.05) is 0 Å². The van der Waals surface area contributed by atoms with Gasteiger partial charge in [0.15, 0.2) is 0 Å². The first kappa shape index (κ1) is 23.3. The molecule has 0 aliphatic heterocycles. The molecule has 0 N–H and O–H groups in total. The van der Waals surface area contributed by atoms with Gasteiger partial charge in [-0.15, -0.1) is 0 Å². The van der Waals surface area contributed by atoms with Crippen molar-refractivity contribution >= 4 is 53.9 Å². The van der Waals surface area contributed by atoms with Gasteiger partial charge in [-0.25, -0.2) is 0 Å². The Morgan fingerprint density at radius 2 is 0.738 bits per heavy atom. The molecule has 0 heteroatoms. The van der Waals surface area contributed by atoms with Crippen molar-refractivity contribution in [1.29, 1.82) is 0 Å². The van der Waals surface area contributed by atoms with Gasteiger partial charge in [0, 0.05) is 0 Å². The highest BCUT2D eigenvalue weighted by atomic mass is 14.2. The van der Waals surface area contributed by atoms with Crippen LogP contribution >= 0.6 is 0 Å². The summed E-state index contributed by atoms with van der Waals surface area (Å²) < 4.78 is 0. The summed E-state index contributed by atoms with van der Waals surface area (Å²) in [6, 6.07) is 58.0. The highest BCUT2D eigenvalue weighted by Gasteiger charge is 2.20. The number of hydrogen-bond acceptors (Lipinski definition) is 0. The van der Waals surface area contributed by atoms with Crippen molar-refractivity contribution in [3.8, 4) is 33.4 Å². The molecule has 0 aromatic heterocycles. The zero-order chi connectivity index (χ0) is 27.6. The zero-order valence-corrected chi connectivity index (χ0v) is 23.0. The van der Waals surface area contributed by atoms with Crippen LogP contribution in [0.5, 0.6) is 0 Å². The molecule has 0 amide bonds. The molecule has 0 saturated heterocycles. The fourth-order valence-electron chi connectivity index (χ4n) is 7.24. The first-order chi connectivity index (χ1) is 20.9. The Hall–Kier alpha value is -5.46. The molecule has 0 unspecified atom stereocenters. The molecule has 0 saturated carbocycles. The molecule has 42 heavy (non-hydrogen) atoms. The van der Waals surface area contributed by atoms with Gasteiger partial charge in [0.25, 0.3) is 0 Å². The van der Waals surface area contributed by atoms with E-state index in [2.05, 4.69) is 158 Å². The SMILES string of the molecule is c1ccc(-c2c3ccccc3c(-c3ccccc3-c3ccc4ccc5cccc6ccc3c4c56)c3ccccc23)cc1. The van der Waals surface area contributed by atoms with Gasteiger partial charge < -0.3 is 0 Å². The van der Waals surface area contributed by atoms with Gasteiger partial charge >= 0.3 is 0 Å². The van der Waals surface area contributed by atoms with Crippen LogP contribution in [0, 0.1) is 0 Å². The van der Waals surface area contributed by atoms with Crippen LogP contribution in [-0.4, -0.2) is 0 Å². The molecule has 0 atom stereocenters. The van der Waals surface area contributed by atoms with Crippen LogP contribution in [0.15, 0.2) is 158 Å². The first-order valence-corrected chi connectivity index (χ1v) is 14.6. The zero-order valence-electron chi connectivity index (χ0n) is 23.0. The largest absolute Gasteiger partial charge is 0.0622 e. The summed E-state index contributed by atoms with van der Waals surface area (Å²) >= 11 is 0. The molecule has 0 spiro atoms. The maximum Gasteiger partial charge on any atom is -0.00201 e. The Labute approximate surface area is 244 Å². The van der Waals surface area contributed by atoms with E-state index in [9.17, 15) is 0 Å². The average Bonchev–Trinajstić information content (AvgIpc) is 3.06. The minimum absolute atomic E-state index is 1.25. The quantitative estimate of drug-likeness (QED) is 0.157. The molecular weight excluding hydrogens is 504 g/mol. The molecule has 0 nitrogen and oxygen atoms in total. The van der Waals surface area contributed by atoms with Crippen molar-refractivity contribution in [2.45, 2.75) is 0 Å². The average molecular weight is 531 g/mol.